The predicted molar refractivity (Wildman–Crippen MR) is 149 cm³/mol. The van der Waals surface area contributed by atoms with Crippen molar-refractivity contribution in [3.63, 3.8) is 0 Å². The molecule has 0 heterocycles. The zero-order valence-corrected chi connectivity index (χ0v) is 22.2. The predicted octanol–water partition coefficient (Wildman–Crippen LogP) is 8.92. The lowest BCUT2D eigenvalue weighted by molar-refractivity contribution is 0.997. The molecule has 33 heavy (non-hydrogen) atoms. The third-order valence-corrected chi connectivity index (χ3v) is 8.98. The minimum Gasteiger partial charge on any atom is -0.303 e. The fraction of sp³-hybridized carbons (Fsp3) is 0.367. The third kappa shape index (κ3) is 5.92. The maximum absolute atomic E-state index is 5.43. The van der Waals surface area contributed by atoms with Crippen molar-refractivity contribution in [3.8, 4) is 0 Å². The van der Waals surface area contributed by atoms with E-state index in [1.807, 2.05) is 0 Å². The van der Waals surface area contributed by atoms with Crippen LogP contribution in [0.25, 0.3) is 0 Å². The van der Waals surface area contributed by atoms with Crippen LogP contribution in [0.4, 0.5) is 11.4 Å². The van der Waals surface area contributed by atoms with Crippen LogP contribution in [-0.4, -0.2) is 17.2 Å². The van der Waals surface area contributed by atoms with Gasteiger partial charge in [0.2, 0.25) is 0 Å². The number of aryl methyl sites for hydroxylation is 3. The molecule has 0 amide bonds. The molecule has 0 saturated carbocycles. The highest BCUT2D eigenvalue weighted by atomic mass is 31.1. The molecule has 3 heteroatoms. The molecule has 0 saturated heterocycles. The number of nitrogens with zero attached hydrogens (tertiary/aromatic N) is 2. The van der Waals surface area contributed by atoms with Crippen molar-refractivity contribution in [2.45, 2.75) is 72.6 Å². The first-order chi connectivity index (χ1) is 15.9. The molecule has 0 N–H and O–H groups in total. The van der Waals surface area contributed by atoms with E-state index >= 15 is 0 Å². The lowest BCUT2D eigenvalue weighted by Crippen LogP contribution is -2.33. The average molecular weight is 459 g/mol. The second kappa shape index (κ2) is 11.6. The molecule has 0 bridgehead atoms. The van der Waals surface area contributed by atoms with Crippen LogP contribution in [0.1, 0.15) is 63.8 Å². The second-order valence-electron chi connectivity index (χ2n) is 9.15. The van der Waals surface area contributed by atoms with Crippen molar-refractivity contribution >= 4 is 25.3 Å². The zero-order chi connectivity index (χ0) is 24.0. The van der Waals surface area contributed by atoms with Gasteiger partial charge < -0.3 is 4.67 Å². The topological polar surface area (TPSA) is 15.6 Å². The fourth-order valence-electron chi connectivity index (χ4n) is 4.39. The quantitative estimate of drug-likeness (QED) is 0.187. The van der Waals surface area contributed by atoms with Crippen molar-refractivity contribution in [1.29, 1.82) is 0 Å². The Labute approximate surface area is 202 Å². The van der Waals surface area contributed by atoms with E-state index in [0.717, 1.165) is 24.4 Å². The summed E-state index contributed by atoms with van der Waals surface area (Å²) in [5, 5.41) is 0. The Bertz CT molecular complexity index is 1060. The van der Waals surface area contributed by atoms with Crippen molar-refractivity contribution in [2.24, 2.45) is 4.99 Å². The van der Waals surface area contributed by atoms with Crippen LogP contribution in [0.2, 0.25) is 0 Å². The molecule has 0 aliphatic carbocycles. The molecular formula is C30H39N2P. The Morgan fingerprint density at radius 3 is 1.88 bits per heavy atom. The molecule has 0 unspecified atom stereocenters. The molecule has 0 atom stereocenters. The Balaban J connectivity index is 2.36. The van der Waals surface area contributed by atoms with Gasteiger partial charge in [0.15, 0.2) is 0 Å². The van der Waals surface area contributed by atoms with E-state index in [9.17, 15) is 0 Å². The summed E-state index contributed by atoms with van der Waals surface area (Å²) in [6, 6.07) is 26.3. The van der Waals surface area contributed by atoms with Crippen LogP contribution in [-0.2, 0) is 12.8 Å². The molecule has 3 rings (SSSR count). The van der Waals surface area contributed by atoms with Gasteiger partial charge in [-0.05, 0) is 54.3 Å². The number of aliphatic imine (C=N–C) groups is 1. The van der Waals surface area contributed by atoms with Crippen LogP contribution in [0.3, 0.4) is 0 Å². The molecule has 2 nitrogen and oxygen atoms in total. The van der Waals surface area contributed by atoms with Gasteiger partial charge in [0, 0.05) is 19.3 Å². The molecule has 0 spiro atoms. The number of anilines is 1. The van der Waals surface area contributed by atoms with E-state index in [-0.39, 0.29) is 0 Å². The zero-order valence-electron chi connectivity index (χ0n) is 21.3. The first-order valence-electron chi connectivity index (χ1n) is 12.3. The first kappa shape index (κ1) is 25.2. The van der Waals surface area contributed by atoms with E-state index < -0.39 is 8.07 Å². The summed E-state index contributed by atoms with van der Waals surface area (Å²) in [6.07, 6.45) is 1.97. The van der Waals surface area contributed by atoms with Crippen LogP contribution in [0.5, 0.6) is 0 Å². The molecule has 174 valence electrons. The molecule has 3 aromatic rings. The van der Waals surface area contributed by atoms with Gasteiger partial charge >= 0.3 is 0 Å². The summed E-state index contributed by atoms with van der Waals surface area (Å²) in [7, 11) is -0.518. The summed E-state index contributed by atoms with van der Waals surface area (Å²) < 4.78 is 2.60. The normalized spacial score (nSPS) is 12.1. The lowest BCUT2D eigenvalue weighted by Gasteiger charge is -2.40. The number of hydrogen-bond acceptors (Lipinski definition) is 1. The SMILES string of the molecule is CCc1ccccc1N=C(c1ccc(C)cc1)N(c1ccccc1CC)P(C(C)C)C(C)C. The Morgan fingerprint density at radius 1 is 0.758 bits per heavy atom. The van der Waals surface area contributed by atoms with Crippen LogP contribution >= 0.6 is 8.07 Å². The van der Waals surface area contributed by atoms with Gasteiger partial charge in [0.05, 0.1) is 5.69 Å². The first-order valence-corrected chi connectivity index (χ1v) is 13.7. The van der Waals surface area contributed by atoms with Gasteiger partial charge in [0.25, 0.3) is 0 Å². The van der Waals surface area contributed by atoms with Gasteiger partial charge in [-0.1, -0.05) is 108 Å². The molecular weight excluding hydrogens is 419 g/mol. The van der Waals surface area contributed by atoms with Gasteiger partial charge in [-0.3, -0.25) is 0 Å². The largest absolute Gasteiger partial charge is 0.303 e. The Kier molecular flexibility index (Phi) is 8.87. The van der Waals surface area contributed by atoms with E-state index in [0.29, 0.717) is 11.3 Å². The Morgan fingerprint density at radius 2 is 1.30 bits per heavy atom. The van der Waals surface area contributed by atoms with E-state index in [2.05, 4.69) is 126 Å². The minimum absolute atomic E-state index is 0.518. The maximum Gasteiger partial charge on any atom is 0.144 e. The lowest BCUT2D eigenvalue weighted by atomic mass is 10.1. The summed E-state index contributed by atoms with van der Waals surface area (Å²) >= 11 is 0. The van der Waals surface area contributed by atoms with Crippen LogP contribution in [0.15, 0.2) is 77.8 Å². The summed E-state index contributed by atoms with van der Waals surface area (Å²) in [5.41, 5.74) is 8.51. The maximum atomic E-state index is 5.43. The number of amidine groups is 1. The van der Waals surface area contributed by atoms with Crippen LogP contribution in [0, 0.1) is 6.92 Å². The van der Waals surface area contributed by atoms with Gasteiger partial charge in [-0.2, -0.15) is 0 Å². The van der Waals surface area contributed by atoms with E-state index in [4.69, 9.17) is 4.99 Å². The third-order valence-electron chi connectivity index (χ3n) is 6.00. The minimum atomic E-state index is -0.518. The van der Waals surface area contributed by atoms with Crippen molar-refractivity contribution in [1.82, 2.24) is 0 Å². The smallest absolute Gasteiger partial charge is 0.144 e. The molecule has 0 fully saturated rings. The van der Waals surface area contributed by atoms with Gasteiger partial charge in [-0.25, -0.2) is 4.99 Å². The Hall–Kier alpha value is -2.44. The molecule has 3 aromatic carbocycles. The van der Waals surface area contributed by atoms with Crippen LogP contribution < -0.4 is 4.67 Å². The fourth-order valence-corrected chi connectivity index (χ4v) is 7.33. The summed E-state index contributed by atoms with van der Waals surface area (Å²) in [6.45, 7) is 16.0. The monoisotopic (exact) mass is 458 g/mol. The highest BCUT2D eigenvalue weighted by Gasteiger charge is 2.31. The molecule has 0 aromatic heterocycles. The van der Waals surface area contributed by atoms with Crippen molar-refractivity contribution < 1.29 is 0 Å². The summed E-state index contributed by atoms with van der Waals surface area (Å²) in [5.74, 6) is 1.06. The highest BCUT2D eigenvalue weighted by Crippen LogP contribution is 2.53. The standard InChI is InChI=1S/C30H39N2P/c1-8-25-14-10-12-16-28(25)31-30(27-20-18-24(7)19-21-27)32(33(22(3)4)23(5)6)29-17-13-11-15-26(29)9-2/h10-23H,8-9H2,1-7H3. The molecule has 0 radical (unpaired) electrons. The summed E-state index contributed by atoms with van der Waals surface area (Å²) in [4.78, 5) is 5.43. The van der Waals surface area contributed by atoms with E-state index in [1.54, 1.807) is 0 Å². The average Bonchev–Trinajstić information content (AvgIpc) is 2.81. The number of para-hydroxylation sites is 2. The van der Waals surface area contributed by atoms with Crippen molar-refractivity contribution in [2.75, 3.05) is 4.67 Å². The number of hydrogen-bond donors (Lipinski definition) is 0. The molecule has 0 aliphatic heterocycles. The van der Waals surface area contributed by atoms with Crippen molar-refractivity contribution in [3.05, 3.63) is 95.1 Å². The van der Waals surface area contributed by atoms with E-state index in [1.165, 1.54) is 27.9 Å². The molecule has 0 aliphatic rings. The highest BCUT2D eigenvalue weighted by molar-refractivity contribution is 7.61. The van der Waals surface area contributed by atoms with Gasteiger partial charge in [0.1, 0.15) is 5.84 Å². The second-order valence-corrected chi connectivity index (χ2v) is 12.4. The number of benzene rings is 3. The van der Waals surface area contributed by atoms with Gasteiger partial charge in [-0.15, -0.1) is 0 Å². The number of rotatable bonds is 8.